The highest BCUT2D eigenvalue weighted by Crippen LogP contribution is 2.21. The van der Waals surface area contributed by atoms with Crippen molar-refractivity contribution in [1.29, 1.82) is 5.26 Å². The summed E-state index contributed by atoms with van der Waals surface area (Å²) in [6.07, 6.45) is 0.209. The molecule has 1 aromatic rings. The molecule has 0 heterocycles. The number of carboxylic acids is 1. The van der Waals surface area contributed by atoms with E-state index in [1.54, 1.807) is 24.3 Å². The molecule has 2 N–H and O–H groups in total. The number of nitriles is 1. The molecule has 6 heteroatoms. The molecule has 0 spiro atoms. The first-order chi connectivity index (χ1) is 9.95. The Morgan fingerprint density at radius 1 is 1.38 bits per heavy atom. The normalized spacial score (nSPS) is 11.7. The van der Waals surface area contributed by atoms with Crippen molar-refractivity contribution in [3.8, 4) is 6.07 Å². The Balaban J connectivity index is 2.48. The van der Waals surface area contributed by atoms with Gasteiger partial charge in [-0.05, 0) is 18.1 Å². The van der Waals surface area contributed by atoms with E-state index in [2.05, 4.69) is 5.32 Å². The largest absolute Gasteiger partial charge is 0.480 e. The number of thioether (sulfide) groups is 1. The third kappa shape index (κ3) is 5.48. The Morgan fingerprint density at radius 3 is 2.62 bits per heavy atom. The molecular formula is C15H18N2O3S. The maximum Gasteiger partial charge on any atom is 0.316 e. The molecule has 0 saturated heterocycles. The molecule has 0 aliphatic heterocycles. The highest BCUT2D eigenvalue weighted by Gasteiger charge is 2.21. The van der Waals surface area contributed by atoms with E-state index < -0.39 is 11.2 Å². The lowest BCUT2D eigenvalue weighted by molar-refractivity contribution is -0.137. The Bertz CT molecular complexity index is 552. The summed E-state index contributed by atoms with van der Waals surface area (Å²) < 4.78 is 0. The van der Waals surface area contributed by atoms with Gasteiger partial charge in [-0.15, -0.1) is 11.8 Å². The Morgan fingerprint density at radius 2 is 2.05 bits per heavy atom. The first kappa shape index (κ1) is 17.1. The average Bonchev–Trinajstić information content (AvgIpc) is 2.43. The van der Waals surface area contributed by atoms with Gasteiger partial charge in [0.05, 0.1) is 11.3 Å². The summed E-state index contributed by atoms with van der Waals surface area (Å²) in [6.45, 7) is 3.68. The van der Waals surface area contributed by atoms with Crippen molar-refractivity contribution in [3.05, 3.63) is 29.8 Å². The van der Waals surface area contributed by atoms with Gasteiger partial charge >= 0.3 is 5.97 Å². The fourth-order valence-electron chi connectivity index (χ4n) is 1.73. The minimum atomic E-state index is -0.856. The fourth-order valence-corrected chi connectivity index (χ4v) is 2.81. The first-order valence-electron chi connectivity index (χ1n) is 6.59. The molecule has 0 aromatic heterocycles. The number of hydrogen-bond acceptors (Lipinski definition) is 4. The van der Waals surface area contributed by atoms with Gasteiger partial charge in [0.15, 0.2) is 0 Å². The number of amides is 1. The number of nitrogens with one attached hydrogen (secondary N) is 1. The molecular weight excluding hydrogens is 288 g/mol. The Hall–Kier alpha value is -2.00. The minimum Gasteiger partial charge on any atom is -0.480 e. The van der Waals surface area contributed by atoms with Crippen molar-refractivity contribution >= 4 is 29.3 Å². The third-order valence-corrected chi connectivity index (χ3v) is 4.34. The molecule has 0 radical (unpaired) electrons. The fraction of sp³-hybridized carbons (Fsp3) is 0.400. The topological polar surface area (TPSA) is 90.2 Å². The third-order valence-electron chi connectivity index (χ3n) is 2.80. The van der Waals surface area contributed by atoms with Gasteiger partial charge in [-0.3, -0.25) is 9.59 Å². The van der Waals surface area contributed by atoms with Crippen molar-refractivity contribution in [3.63, 3.8) is 0 Å². The summed E-state index contributed by atoms with van der Waals surface area (Å²) in [5, 5.41) is 20.1. The molecule has 0 aliphatic rings. The number of rotatable bonds is 7. The van der Waals surface area contributed by atoms with Crippen LogP contribution in [0.15, 0.2) is 24.3 Å². The van der Waals surface area contributed by atoms with Crippen LogP contribution in [0.3, 0.4) is 0 Å². The predicted molar refractivity (Wildman–Crippen MR) is 83.1 cm³/mol. The van der Waals surface area contributed by atoms with Gasteiger partial charge in [0.25, 0.3) is 0 Å². The Kier molecular flexibility index (Phi) is 6.76. The van der Waals surface area contributed by atoms with Crippen LogP contribution >= 0.6 is 11.8 Å². The zero-order valence-electron chi connectivity index (χ0n) is 12.0. The lowest BCUT2D eigenvalue weighted by Gasteiger charge is -2.15. The average molecular weight is 306 g/mol. The number of anilines is 1. The molecule has 0 aliphatic carbocycles. The molecule has 0 saturated carbocycles. The summed E-state index contributed by atoms with van der Waals surface area (Å²) in [5.41, 5.74) is 0.887. The molecule has 1 atom stereocenters. The highest BCUT2D eigenvalue weighted by atomic mass is 32.2. The number of benzene rings is 1. The molecule has 1 rings (SSSR count). The quantitative estimate of drug-likeness (QED) is 0.808. The van der Waals surface area contributed by atoms with Crippen LogP contribution in [0.1, 0.15) is 25.8 Å². The lowest BCUT2D eigenvalue weighted by Crippen LogP contribution is -2.23. The zero-order chi connectivity index (χ0) is 15.8. The Labute approximate surface area is 128 Å². The van der Waals surface area contributed by atoms with Crippen molar-refractivity contribution in [2.24, 2.45) is 5.92 Å². The van der Waals surface area contributed by atoms with Crippen molar-refractivity contribution in [2.75, 3.05) is 11.1 Å². The predicted octanol–water partition coefficient (Wildman–Crippen LogP) is 2.73. The minimum absolute atomic E-state index is 0.00914. The molecule has 0 fully saturated rings. The van der Waals surface area contributed by atoms with Gasteiger partial charge in [-0.25, -0.2) is 0 Å². The van der Waals surface area contributed by atoms with E-state index in [4.69, 9.17) is 10.4 Å². The summed E-state index contributed by atoms with van der Waals surface area (Å²) in [4.78, 5) is 22.9. The van der Waals surface area contributed by atoms with Crippen LogP contribution in [-0.4, -0.2) is 28.0 Å². The smallest absolute Gasteiger partial charge is 0.316 e. The molecule has 1 amide bonds. The number of carbonyl (C=O) groups excluding carboxylic acids is 1. The van der Waals surface area contributed by atoms with E-state index >= 15 is 0 Å². The second-order valence-corrected chi connectivity index (χ2v) is 6.08. The van der Waals surface area contributed by atoms with Crippen LogP contribution in [0.5, 0.6) is 0 Å². The van der Waals surface area contributed by atoms with E-state index in [0.29, 0.717) is 17.0 Å². The lowest BCUT2D eigenvalue weighted by atomic mass is 10.1. The van der Waals surface area contributed by atoms with Gasteiger partial charge in [-0.2, -0.15) is 5.26 Å². The number of hydrogen-bond donors (Lipinski definition) is 2. The van der Waals surface area contributed by atoms with Gasteiger partial charge in [0.1, 0.15) is 11.3 Å². The first-order valence-corrected chi connectivity index (χ1v) is 7.64. The maximum atomic E-state index is 11.8. The summed E-state index contributed by atoms with van der Waals surface area (Å²) in [6, 6.07) is 8.77. The number of aliphatic carboxylic acids is 1. The molecule has 21 heavy (non-hydrogen) atoms. The van der Waals surface area contributed by atoms with Gasteiger partial charge in [0, 0.05) is 12.2 Å². The van der Waals surface area contributed by atoms with Crippen LogP contribution in [-0.2, 0) is 9.59 Å². The second-order valence-electron chi connectivity index (χ2n) is 4.83. The van der Waals surface area contributed by atoms with Crippen LogP contribution in [0.25, 0.3) is 0 Å². The molecule has 112 valence electrons. The number of nitrogens with zero attached hydrogens (tertiary/aromatic N) is 1. The standard InChI is InChI=1S/C15H18N2O3S/c1-10(2)14(15(19)20)21-8-7-13(18)17-12-6-4-3-5-11(12)9-16/h3-6,10,14H,7-8H2,1-2H3,(H,17,18)(H,19,20). The van der Waals surface area contributed by atoms with Crippen LogP contribution in [0, 0.1) is 17.2 Å². The monoisotopic (exact) mass is 306 g/mol. The van der Waals surface area contributed by atoms with E-state index in [0.717, 1.165) is 0 Å². The molecule has 1 aromatic carbocycles. The number of carboxylic acid groups (broad SMARTS) is 1. The number of carbonyl (C=O) groups is 2. The van der Waals surface area contributed by atoms with E-state index in [1.165, 1.54) is 11.8 Å². The number of para-hydroxylation sites is 1. The van der Waals surface area contributed by atoms with Gasteiger partial charge in [-0.1, -0.05) is 26.0 Å². The molecule has 1 unspecified atom stereocenters. The highest BCUT2D eigenvalue weighted by molar-refractivity contribution is 8.00. The van der Waals surface area contributed by atoms with Gasteiger partial charge in [0.2, 0.25) is 5.91 Å². The molecule has 0 bridgehead atoms. The van der Waals surface area contributed by atoms with Crippen LogP contribution in [0.4, 0.5) is 5.69 Å². The second kappa shape index (κ2) is 8.32. The van der Waals surface area contributed by atoms with Crippen LogP contribution < -0.4 is 5.32 Å². The van der Waals surface area contributed by atoms with Gasteiger partial charge < -0.3 is 10.4 Å². The molecule has 5 nitrogen and oxygen atoms in total. The maximum absolute atomic E-state index is 11.8. The summed E-state index contributed by atoms with van der Waals surface area (Å²) in [5.74, 6) is -0.645. The SMILES string of the molecule is CC(C)C(SCCC(=O)Nc1ccccc1C#N)C(=O)O. The van der Waals surface area contributed by atoms with E-state index in [-0.39, 0.29) is 18.2 Å². The van der Waals surface area contributed by atoms with E-state index in [1.807, 2.05) is 19.9 Å². The zero-order valence-corrected chi connectivity index (χ0v) is 12.8. The summed E-state index contributed by atoms with van der Waals surface area (Å²) >= 11 is 1.26. The van der Waals surface area contributed by atoms with Crippen molar-refractivity contribution in [2.45, 2.75) is 25.5 Å². The van der Waals surface area contributed by atoms with E-state index in [9.17, 15) is 9.59 Å². The summed E-state index contributed by atoms with van der Waals surface area (Å²) in [7, 11) is 0. The van der Waals surface area contributed by atoms with Crippen molar-refractivity contribution in [1.82, 2.24) is 0 Å². The van der Waals surface area contributed by atoms with Crippen LogP contribution in [0.2, 0.25) is 0 Å². The van der Waals surface area contributed by atoms with Crippen molar-refractivity contribution < 1.29 is 14.7 Å².